The van der Waals surface area contributed by atoms with Gasteiger partial charge in [-0.05, 0) is 43.2 Å². The molecule has 0 amide bonds. The maximum atomic E-state index is 6.19. The topological polar surface area (TPSA) is 30.8 Å². The van der Waals surface area contributed by atoms with Crippen LogP contribution < -0.4 is 4.74 Å². The van der Waals surface area contributed by atoms with Gasteiger partial charge >= 0.3 is 0 Å². The van der Waals surface area contributed by atoms with Crippen molar-refractivity contribution in [3.63, 3.8) is 0 Å². The number of hydrogen-bond acceptors (Lipinski definition) is 4. The van der Waals surface area contributed by atoms with Crippen molar-refractivity contribution in [1.29, 1.82) is 0 Å². The summed E-state index contributed by atoms with van der Waals surface area (Å²) in [7, 11) is 0. The average molecular weight is 336 g/mol. The molecule has 128 valence electrons. The molecule has 0 fully saturated rings. The van der Waals surface area contributed by atoms with Crippen molar-refractivity contribution in [3.8, 4) is 5.75 Å². The van der Waals surface area contributed by atoms with E-state index in [0.29, 0.717) is 6.61 Å². The number of hydrogen-bond donors (Lipinski definition) is 0. The van der Waals surface area contributed by atoms with E-state index in [1.807, 2.05) is 23.9 Å². The standard InChI is InChI=1S/C19H29NO2S/c1-3-23-15-18(14-21-17-10-8-9-16(2)13-17)22-19-11-6-4-5-7-12-20-19/h8-10,13,18H,3-7,11-12,14-15H2,1-2H3. The van der Waals surface area contributed by atoms with Crippen LogP contribution in [0.25, 0.3) is 0 Å². The Morgan fingerprint density at radius 3 is 2.91 bits per heavy atom. The molecule has 0 bridgehead atoms. The van der Waals surface area contributed by atoms with E-state index in [-0.39, 0.29) is 6.10 Å². The Morgan fingerprint density at radius 2 is 2.09 bits per heavy atom. The molecule has 0 radical (unpaired) electrons. The van der Waals surface area contributed by atoms with E-state index in [2.05, 4.69) is 31.0 Å². The highest BCUT2D eigenvalue weighted by molar-refractivity contribution is 7.99. The molecule has 1 aromatic carbocycles. The lowest BCUT2D eigenvalue weighted by Crippen LogP contribution is -2.28. The van der Waals surface area contributed by atoms with Gasteiger partial charge in [0.2, 0.25) is 0 Å². The molecule has 0 aliphatic carbocycles. The van der Waals surface area contributed by atoms with Crippen LogP contribution in [0.5, 0.6) is 5.75 Å². The Morgan fingerprint density at radius 1 is 1.22 bits per heavy atom. The summed E-state index contributed by atoms with van der Waals surface area (Å²) in [6.45, 7) is 5.74. The third-order valence-electron chi connectivity index (χ3n) is 3.82. The van der Waals surface area contributed by atoms with E-state index in [9.17, 15) is 0 Å². The highest BCUT2D eigenvalue weighted by Crippen LogP contribution is 2.16. The molecule has 1 aliphatic rings. The zero-order valence-electron chi connectivity index (χ0n) is 14.4. The lowest BCUT2D eigenvalue weighted by molar-refractivity contribution is 0.132. The number of aryl methyl sites for hydroxylation is 1. The van der Waals surface area contributed by atoms with Crippen LogP contribution in [0.1, 0.15) is 44.6 Å². The smallest absolute Gasteiger partial charge is 0.183 e. The molecule has 0 spiro atoms. The average Bonchev–Trinajstić information content (AvgIpc) is 2.52. The van der Waals surface area contributed by atoms with Gasteiger partial charge in [-0.15, -0.1) is 0 Å². The van der Waals surface area contributed by atoms with E-state index < -0.39 is 0 Å². The molecule has 0 saturated carbocycles. The van der Waals surface area contributed by atoms with Crippen LogP contribution in [0.15, 0.2) is 29.3 Å². The zero-order chi connectivity index (χ0) is 16.3. The highest BCUT2D eigenvalue weighted by atomic mass is 32.2. The van der Waals surface area contributed by atoms with Crippen molar-refractivity contribution >= 4 is 17.7 Å². The van der Waals surface area contributed by atoms with Gasteiger partial charge in [0.05, 0.1) is 0 Å². The number of rotatable bonds is 7. The molecule has 1 unspecified atom stereocenters. The molecule has 1 aliphatic heterocycles. The second-order valence-electron chi connectivity index (χ2n) is 5.97. The first-order valence-corrected chi connectivity index (χ1v) is 9.90. The minimum atomic E-state index is 0.0682. The first-order valence-electron chi connectivity index (χ1n) is 8.75. The van der Waals surface area contributed by atoms with E-state index in [1.54, 1.807) is 0 Å². The van der Waals surface area contributed by atoms with Crippen molar-refractivity contribution in [3.05, 3.63) is 29.8 Å². The van der Waals surface area contributed by atoms with Gasteiger partial charge in [0.15, 0.2) is 5.90 Å². The number of benzene rings is 1. The Balaban J connectivity index is 1.89. The normalized spacial score (nSPS) is 16.9. The number of aliphatic imine (C=N–C) groups is 1. The molecule has 1 aromatic rings. The minimum Gasteiger partial charge on any atom is -0.490 e. The molecule has 3 nitrogen and oxygen atoms in total. The van der Waals surface area contributed by atoms with Gasteiger partial charge in [-0.25, -0.2) is 0 Å². The Labute approximate surface area is 144 Å². The van der Waals surface area contributed by atoms with Crippen LogP contribution in [0.3, 0.4) is 0 Å². The monoisotopic (exact) mass is 335 g/mol. The first kappa shape index (κ1) is 18.2. The van der Waals surface area contributed by atoms with Crippen molar-refractivity contribution < 1.29 is 9.47 Å². The Bertz CT molecular complexity index is 490. The minimum absolute atomic E-state index is 0.0682. The molecule has 0 saturated heterocycles. The second kappa shape index (κ2) is 10.6. The molecule has 0 aromatic heterocycles. The number of thioether (sulfide) groups is 1. The fourth-order valence-electron chi connectivity index (χ4n) is 2.57. The molecule has 4 heteroatoms. The molecule has 1 atom stereocenters. The van der Waals surface area contributed by atoms with Crippen molar-refractivity contribution in [2.75, 3.05) is 24.7 Å². The highest BCUT2D eigenvalue weighted by Gasteiger charge is 2.15. The first-order chi connectivity index (χ1) is 11.3. The van der Waals surface area contributed by atoms with Gasteiger partial charge < -0.3 is 9.47 Å². The summed E-state index contributed by atoms with van der Waals surface area (Å²) in [6, 6.07) is 8.18. The molecule has 2 rings (SSSR count). The molecular weight excluding hydrogens is 306 g/mol. The SMILES string of the molecule is CCSCC(COc1cccc(C)c1)OC1=NCCCCCC1. The van der Waals surface area contributed by atoms with Gasteiger partial charge in [0.25, 0.3) is 0 Å². The lowest BCUT2D eigenvalue weighted by atomic mass is 10.1. The predicted molar refractivity (Wildman–Crippen MR) is 99.9 cm³/mol. The van der Waals surface area contributed by atoms with Crippen LogP contribution >= 0.6 is 11.8 Å². The maximum absolute atomic E-state index is 6.19. The van der Waals surface area contributed by atoms with Crippen LogP contribution in [-0.4, -0.2) is 36.7 Å². The van der Waals surface area contributed by atoms with Gasteiger partial charge in [0.1, 0.15) is 18.5 Å². The summed E-state index contributed by atoms with van der Waals surface area (Å²) in [5.74, 6) is 3.89. The fourth-order valence-corrected chi connectivity index (χ4v) is 3.24. The molecule has 23 heavy (non-hydrogen) atoms. The third kappa shape index (κ3) is 7.30. The third-order valence-corrected chi connectivity index (χ3v) is 4.84. The lowest BCUT2D eigenvalue weighted by Gasteiger charge is -2.21. The van der Waals surface area contributed by atoms with Crippen molar-refractivity contribution in [1.82, 2.24) is 0 Å². The summed E-state index contributed by atoms with van der Waals surface area (Å²) >= 11 is 1.89. The van der Waals surface area contributed by atoms with Gasteiger partial charge in [-0.3, -0.25) is 4.99 Å². The zero-order valence-corrected chi connectivity index (χ0v) is 15.2. The molecule has 0 N–H and O–H groups in total. The van der Waals surface area contributed by atoms with E-state index in [1.165, 1.54) is 31.2 Å². The van der Waals surface area contributed by atoms with Crippen LogP contribution in [0.2, 0.25) is 0 Å². The van der Waals surface area contributed by atoms with E-state index >= 15 is 0 Å². The predicted octanol–water partition coefficient (Wildman–Crippen LogP) is 4.87. The molecular formula is C19H29NO2S. The quantitative estimate of drug-likeness (QED) is 0.712. The summed E-state index contributed by atoms with van der Waals surface area (Å²) in [6.07, 6.45) is 5.99. The van der Waals surface area contributed by atoms with Gasteiger partial charge in [-0.1, -0.05) is 31.9 Å². The van der Waals surface area contributed by atoms with E-state index in [4.69, 9.17) is 9.47 Å². The Kier molecular flexibility index (Phi) is 8.37. The van der Waals surface area contributed by atoms with Crippen molar-refractivity contribution in [2.24, 2.45) is 4.99 Å². The summed E-state index contributed by atoms with van der Waals surface area (Å²) in [5, 5.41) is 0. The number of ether oxygens (including phenoxy) is 2. The van der Waals surface area contributed by atoms with Gasteiger partial charge in [0, 0.05) is 18.7 Å². The van der Waals surface area contributed by atoms with Gasteiger partial charge in [-0.2, -0.15) is 11.8 Å². The Hall–Kier alpha value is -1.16. The largest absolute Gasteiger partial charge is 0.490 e. The van der Waals surface area contributed by atoms with Crippen LogP contribution in [0.4, 0.5) is 0 Å². The summed E-state index contributed by atoms with van der Waals surface area (Å²) in [4.78, 5) is 4.63. The van der Waals surface area contributed by atoms with Crippen LogP contribution in [0, 0.1) is 6.92 Å². The summed E-state index contributed by atoms with van der Waals surface area (Å²) in [5.41, 5.74) is 1.22. The van der Waals surface area contributed by atoms with Crippen LogP contribution in [-0.2, 0) is 4.74 Å². The van der Waals surface area contributed by atoms with Crippen molar-refractivity contribution in [2.45, 2.75) is 52.1 Å². The van der Waals surface area contributed by atoms with E-state index in [0.717, 1.165) is 36.1 Å². The molecule has 1 heterocycles. The number of nitrogens with zero attached hydrogens (tertiary/aromatic N) is 1. The summed E-state index contributed by atoms with van der Waals surface area (Å²) < 4.78 is 12.1. The maximum Gasteiger partial charge on any atom is 0.183 e. The fraction of sp³-hybridized carbons (Fsp3) is 0.632. The second-order valence-corrected chi connectivity index (χ2v) is 7.29.